The van der Waals surface area contributed by atoms with Crippen molar-refractivity contribution in [1.82, 2.24) is 10.5 Å². The van der Waals surface area contributed by atoms with E-state index in [1.54, 1.807) is 5.01 Å². The lowest BCUT2D eigenvalue weighted by molar-refractivity contribution is 0.0565. The SMILES string of the molecule is O=NNN1CCC(O)CC1. The van der Waals surface area contributed by atoms with Crippen LogP contribution >= 0.6 is 0 Å². The van der Waals surface area contributed by atoms with E-state index in [0.29, 0.717) is 25.9 Å². The molecule has 0 atom stereocenters. The van der Waals surface area contributed by atoms with Crippen molar-refractivity contribution in [2.45, 2.75) is 18.9 Å². The van der Waals surface area contributed by atoms with Crippen LogP contribution in [-0.2, 0) is 0 Å². The zero-order valence-electron chi connectivity index (χ0n) is 5.66. The molecule has 1 saturated heterocycles. The summed E-state index contributed by atoms with van der Waals surface area (Å²) >= 11 is 0. The maximum absolute atomic E-state index is 9.69. The number of rotatable bonds is 2. The Morgan fingerprint density at radius 2 is 2.10 bits per heavy atom. The third-order valence-electron chi connectivity index (χ3n) is 1.65. The van der Waals surface area contributed by atoms with Gasteiger partial charge in [-0.25, -0.2) is 10.5 Å². The molecular weight excluding hydrogens is 134 g/mol. The second kappa shape index (κ2) is 3.48. The Hall–Kier alpha value is -0.680. The number of piperidine rings is 1. The van der Waals surface area contributed by atoms with Crippen molar-refractivity contribution in [2.75, 3.05) is 13.1 Å². The molecule has 0 saturated carbocycles. The number of hydrazine groups is 1. The van der Waals surface area contributed by atoms with Crippen LogP contribution in [0.3, 0.4) is 0 Å². The fraction of sp³-hybridized carbons (Fsp3) is 1.00. The van der Waals surface area contributed by atoms with Crippen molar-refractivity contribution < 1.29 is 5.11 Å². The minimum absolute atomic E-state index is 0.204. The fourth-order valence-corrected chi connectivity index (χ4v) is 1.02. The minimum Gasteiger partial charge on any atom is -0.393 e. The number of aliphatic hydroxyl groups excluding tert-OH is 1. The molecule has 0 aromatic rings. The van der Waals surface area contributed by atoms with E-state index in [4.69, 9.17) is 5.11 Å². The van der Waals surface area contributed by atoms with Gasteiger partial charge in [-0.1, -0.05) is 0 Å². The Balaban J connectivity index is 2.19. The van der Waals surface area contributed by atoms with Gasteiger partial charge < -0.3 is 5.11 Å². The van der Waals surface area contributed by atoms with Crippen LogP contribution in [0.25, 0.3) is 0 Å². The maximum Gasteiger partial charge on any atom is 0.0658 e. The van der Waals surface area contributed by atoms with Crippen molar-refractivity contribution in [1.29, 1.82) is 0 Å². The van der Waals surface area contributed by atoms with Gasteiger partial charge in [0.15, 0.2) is 0 Å². The van der Waals surface area contributed by atoms with Crippen molar-refractivity contribution in [3.63, 3.8) is 0 Å². The van der Waals surface area contributed by atoms with Gasteiger partial charge in [-0.15, -0.1) is 4.91 Å². The van der Waals surface area contributed by atoms with Crippen LogP contribution in [-0.4, -0.2) is 29.3 Å². The van der Waals surface area contributed by atoms with Crippen LogP contribution < -0.4 is 5.53 Å². The highest BCUT2D eigenvalue weighted by Crippen LogP contribution is 2.06. The Bertz CT molecular complexity index is 111. The average Bonchev–Trinajstić information content (AvgIpc) is 1.95. The lowest BCUT2D eigenvalue weighted by Gasteiger charge is -2.26. The first kappa shape index (κ1) is 7.43. The Kier molecular flexibility index (Phi) is 2.58. The van der Waals surface area contributed by atoms with E-state index in [2.05, 4.69) is 10.8 Å². The predicted octanol–water partition coefficient (Wildman–Crippen LogP) is -0.371. The van der Waals surface area contributed by atoms with E-state index in [9.17, 15) is 4.91 Å². The number of hydrogen-bond acceptors (Lipinski definition) is 4. The van der Waals surface area contributed by atoms with Crippen LogP contribution in [0.2, 0.25) is 0 Å². The molecule has 1 aliphatic rings. The second-order valence-electron chi connectivity index (χ2n) is 2.41. The third kappa shape index (κ3) is 1.93. The molecule has 5 nitrogen and oxygen atoms in total. The fourth-order valence-electron chi connectivity index (χ4n) is 1.02. The molecule has 0 aromatic carbocycles. The van der Waals surface area contributed by atoms with Gasteiger partial charge in [0.25, 0.3) is 0 Å². The summed E-state index contributed by atoms with van der Waals surface area (Å²) in [5.41, 5.74) is 2.30. The molecule has 1 heterocycles. The molecule has 1 fully saturated rings. The molecule has 0 radical (unpaired) electrons. The largest absolute Gasteiger partial charge is 0.393 e. The first-order chi connectivity index (χ1) is 4.83. The van der Waals surface area contributed by atoms with Crippen molar-refractivity contribution >= 4 is 0 Å². The molecule has 0 amide bonds. The number of nitrogens with zero attached hydrogens (tertiary/aromatic N) is 2. The standard InChI is InChI=1S/C5H11N3O2/c9-5-1-3-8(4-2-5)6-7-10/h5,9H,1-4H2,(H,6,10). The van der Waals surface area contributed by atoms with Crippen molar-refractivity contribution in [2.24, 2.45) is 5.29 Å². The van der Waals surface area contributed by atoms with Gasteiger partial charge in [-0.3, -0.25) is 0 Å². The van der Waals surface area contributed by atoms with Gasteiger partial charge in [0.2, 0.25) is 0 Å². The smallest absolute Gasteiger partial charge is 0.0658 e. The summed E-state index contributed by atoms with van der Waals surface area (Å²) in [6, 6.07) is 0. The van der Waals surface area contributed by atoms with Gasteiger partial charge in [-0.2, -0.15) is 0 Å². The van der Waals surface area contributed by atoms with E-state index >= 15 is 0 Å². The van der Waals surface area contributed by atoms with Gasteiger partial charge in [0.1, 0.15) is 0 Å². The maximum atomic E-state index is 9.69. The molecular formula is C5H11N3O2. The summed E-state index contributed by atoms with van der Waals surface area (Å²) in [5, 5.41) is 13.3. The summed E-state index contributed by atoms with van der Waals surface area (Å²) in [6.07, 6.45) is 1.22. The monoisotopic (exact) mass is 145 g/mol. The summed E-state index contributed by atoms with van der Waals surface area (Å²) in [7, 11) is 0. The molecule has 0 aromatic heterocycles. The minimum atomic E-state index is -0.204. The molecule has 2 N–H and O–H groups in total. The number of nitroso groups, excluding NO2 is 1. The van der Waals surface area contributed by atoms with Gasteiger partial charge in [0.05, 0.1) is 11.4 Å². The number of nitrogens with one attached hydrogen (secondary N) is 1. The van der Waals surface area contributed by atoms with Crippen LogP contribution in [0.4, 0.5) is 0 Å². The summed E-state index contributed by atoms with van der Waals surface area (Å²) in [4.78, 5) is 9.69. The summed E-state index contributed by atoms with van der Waals surface area (Å²) < 4.78 is 0. The molecule has 0 unspecified atom stereocenters. The first-order valence-corrected chi connectivity index (χ1v) is 3.34. The number of aliphatic hydroxyl groups is 1. The average molecular weight is 145 g/mol. The summed E-state index contributed by atoms with van der Waals surface area (Å²) in [6.45, 7) is 1.37. The Labute approximate surface area is 58.9 Å². The zero-order valence-corrected chi connectivity index (χ0v) is 5.66. The van der Waals surface area contributed by atoms with E-state index in [-0.39, 0.29) is 6.10 Å². The molecule has 0 spiro atoms. The van der Waals surface area contributed by atoms with Crippen LogP contribution in [0, 0.1) is 4.91 Å². The Morgan fingerprint density at radius 1 is 1.50 bits per heavy atom. The third-order valence-corrected chi connectivity index (χ3v) is 1.65. The predicted molar refractivity (Wildman–Crippen MR) is 35.7 cm³/mol. The lowest BCUT2D eigenvalue weighted by atomic mass is 10.1. The zero-order chi connectivity index (χ0) is 7.40. The molecule has 10 heavy (non-hydrogen) atoms. The number of hydrogen-bond donors (Lipinski definition) is 2. The molecule has 0 bridgehead atoms. The van der Waals surface area contributed by atoms with Crippen LogP contribution in [0.1, 0.15) is 12.8 Å². The highest BCUT2D eigenvalue weighted by molar-refractivity contribution is 4.67. The van der Waals surface area contributed by atoms with Crippen LogP contribution in [0.15, 0.2) is 5.29 Å². The molecule has 58 valence electrons. The van der Waals surface area contributed by atoms with Crippen molar-refractivity contribution in [3.05, 3.63) is 4.91 Å². The highest BCUT2D eigenvalue weighted by Gasteiger charge is 2.15. The second-order valence-corrected chi connectivity index (χ2v) is 2.41. The van der Waals surface area contributed by atoms with Gasteiger partial charge in [0, 0.05) is 13.1 Å². The van der Waals surface area contributed by atoms with Crippen molar-refractivity contribution in [3.8, 4) is 0 Å². The highest BCUT2D eigenvalue weighted by atomic mass is 16.3. The van der Waals surface area contributed by atoms with E-state index < -0.39 is 0 Å². The van der Waals surface area contributed by atoms with E-state index in [0.717, 1.165) is 0 Å². The molecule has 0 aliphatic carbocycles. The van der Waals surface area contributed by atoms with E-state index in [1.165, 1.54) is 0 Å². The quantitative estimate of drug-likeness (QED) is 0.411. The van der Waals surface area contributed by atoms with Gasteiger partial charge >= 0.3 is 0 Å². The van der Waals surface area contributed by atoms with Gasteiger partial charge in [-0.05, 0) is 12.8 Å². The van der Waals surface area contributed by atoms with E-state index in [1.807, 2.05) is 0 Å². The first-order valence-electron chi connectivity index (χ1n) is 3.34. The topological polar surface area (TPSA) is 64.9 Å². The summed E-state index contributed by atoms with van der Waals surface area (Å²) in [5.74, 6) is 0. The Morgan fingerprint density at radius 3 is 2.60 bits per heavy atom. The molecule has 1 rings (SSSR count). The molecule has 1 aliphatic heterocycles. The lowest BCUT2D eigenvalue weighted by Crippen LogP contribution is -2.42. The molecule has 5 heteroatoms. The normalized spacial score (nSPS) is 22.5. The van der Waals surface area contributed by atoms with Crippen LogP contribution in [0.5, 0.6) is 0 Å².